The summed E-state index contributed by atoms with van der Waals surface area (Å²) in [5.74, 6) is 2.45. The fourth-order valence-electron chi connectivity index (χ4n) is 1.89. The van der Waals surface area contributed by atoms with Gasteiger partial charge in [-0.05, 0) is 43.1 Å². The van der Waals surface area contributed by atoms with E-state index in [0.717, 1.165) is 30.1 Å². The van der Waals surface area contributed by atoms with Crippen molar-refractivity contribution in [2.24, 2.45) is 5.73 Å². The summed E-state index contributed by atoms with van der Waals surface area (Å²) in [7, 11) is 1.65. The lowest BCUT2D eigenvalue weighted by molar-refractivity contribution is 0.408. The van der Waals surface area contributed by atoms with Crippen LogP contribution in [0.1, 0.15) is 12.0 Å². The van der Waals surface area contributed by atoms with Gasteiger partial charge in [0.1, 0.15) is 17.2 Å². The second kappa shape index (κ2) is 6.81. The molecule has 2 aromatic carbocycles. The van der Waals surface area contributed by atoms with Crippen LogP contribution in [0.25, 0.3) is 0 Å². The highest BCUT2D eigenvalue weighted by Gasteiger charge is 2.04. The number of hydrogen-bond acceptors (Lipinski definition) is 3. The van der Waals surface area contributed by atoms with Gasteiger partial charge in [-0.1, -0.05) is 24.3 Å². The molecule has 3 heteroatoms. The monoisotopic (exact) mass is 257 g/mol. The van der Waals surface area contributed by atoms with Gasteiger partial charge < -0.3 is 15.2 Å². The van der Waals surface area contributed by atoms with Gasteiger partial charge in [0.2, 0.25) is 0 Å². The summed E-state index contributed by atoms with van der Waals surface area (Å²) in [4.78, 5) is 0. The molecule has 0 saturated heterocycles. The molecular formula is C16H19NO2. The van der Waals surface area contributed by atoms with E-state index in [1.54, 1.807) is 7.11 Å². The van der Waals surface area contributed by atoms with E-state index in [1.807, 2.05) is 42.5 Å². The zero-order valence-electron chi connectivity index (χ0n) is 11.1. The lowest BCUT2D eigenvalue weighted by Crippen LogP contribution is -2.01. The van der Waals surface area contributed by atoms with Crippen LogP contribution in [0.4, 0.5) is 0 Å². The van der Waals surface area contributed by atoms with Crippen molar-refractivity contribution in [2.75, 3.05) is 13.7 Å². The largest absolute Gasteiger partial charge is 0.497 e. The Hall–Kier alpha value is -2.00. The highest BCUT2D eigenvalue weighted by molar-refractivity contribution is 5.40. The van der Waals surface area contributed by atoms with Gasteiger partial charge in [0, 0.05) is 6.07 Å². The van der Waals surface area contributed by atoms with E-state index in [0.29, 0.717) is 6.54 Å². The summed E-state index contributed by atoms with van der Waals surface area (Å²) >= 11 is 0. The van der Waals surface area contributed by atoms with Gasteiger partial charge in [0.05, 0.1) is 7.11 Å². The molecular weight excluding hydrogens is 238 g/mol. The van der Waals surface area contributed by atoms with E-state index in [-0.39, 0.29) is 0 Å². The van der Waals surface area contributed by atoms with Crippen molar-refractivity contribution in [2.45, 2.75) is 12.8 Å². The predicted octanol–water partition coefficient (Wildman–Crippen LogP) is 3.38. The van der Waals surface area contributed by atoms with E-state index in [2.05, 4.69) is 6.07 Å². The van der Waals surface area contributed by atoms with Crippen LogP contribution in [0, 0.1) is 0 Å². The molecule has 0 radical (unpaired) electrons. The van der Waals surface area contributed by atoms with Crippen molar-refractivity contribution in [3.63, 3.8) is 0 Å². The van der Waals surface area contributed by atoms with Crippen LogP contribution in [0.15, 0.2) is 48.5 Å². The van der Waals surface area contributed by atoms with Crippen molar-refractivity contribution in [3.8, 4) is 17.2 Å². The van der Waals surface area contributed by atoms with Crippen molar-refractivity contribution in [1.29, 1.82) is 0 Å². The second-order valence-electron chi connectivity index (χ2n) is 4.28. The summed E-state index contributed by atoms with van der Waals surface area (Å²) in [6, 6.07) is 15.6. The third-order valence-corrected chi connectivity index (χ3v) is 2.89. The Bertz CT molecular complexity index is 526. The number of aryl methyl sites for hydroxylation is 1. The number of benzene rings is 2. The topological polar surface area (TPSA) is 44.5 Å². The molecule has 3 nitrogen and oxygen atoms in total. The van der Waals surface area contributed by atoms with Gasteiger partial charge >= 0.3 is 0 Å². The highest BCUT2D eigenvalue weighted by Crippen LogP contribution is 2.28. The van der Waals surface area contributed by atoms with Crippen LogP contribution in [-0.2, 0) is 6.42 Å². The first-order valence-electron chi connectivity index (χ1n) is 6.43. The SMILES string of the molecule is COc1cccc(Oc2ccccc2CCCN)c1. The normalized spacial score (nSPS) is 10.2. The van der Waals surface area contributed by atoms with Crippen LogP contribution in [0.3, 0.4) is 0 Å². The second-order valence-corrected chi connectivity index (χ2v) is 4.28. The Labute approximate surface area is 114 Å². The first kappa shape index (κ1) is 13.4. The molecule has 0 aliphatic carbocycles. The smallest absolute Gasteiger partial charge is 0.131 e. The average molecular weight is 257 g/mol. The Balaban J connectivity index is 2.17. The van der Waals surface area contributed by atoms with Crippen LogP contribution < -0.4 is 15.2 Å². The zero-order chi connectivity index (χ0) is 13.5. The van der Waals surface area contributed by atoms with Gasteiger partial charge in [-0.15, -0.1) is 0 Å². The molecule has 0 aliphatic rings. The molecule has 0 atom stereocenters. The minimum absolute atomic E-state index is 0.688. The van der Waals surface area contributed by atoms with Crippen LogP contribution in [0.2, 0.25) is 0 Å². The predicted molar refractivity (Wildman–Crippen MR) is 76.9 cm³/mol. The van der Waals surface area contributed by atoms with E-state index >= 15 is 0 Å². The van der Waals surface area contributed by atoms with Gasteiger partial charge in [-0.2, -0.15) is 0 Å². The third-order valence-electron chi connectivity index (χ3n) is 2.89. The number of ether oxygens (including phenoxy) is 2. The molecule has 0 spiro atoms. The first-order chi connectivity index (χ1) is 9.33. The molecule has 2 N–H and O–H groups in total. The van der Waals surface area contributed by atoms with E-state index in [1.165, 1.54) is 5.56 Å². The molecule has 0 saturated carbocycles. The van der Waals surface area contributed by atoms with E-state index in [4.69, 9.17) is 15.2 Å². The third kappa shape index (κ3) is 3.73. The molecule has 2 aromatic rings. The molecule has 0 aromatic heterocycles. The molecule has 0 aliphatic heterocycles. The molecule has 0 fully saturated rings. The summed E-state index contributed by atoms with van der Waals surface area (Å²) in [6.45, 7) is 0.688. The highest BCUT2D eigenvalue weighted by atomic mass is 16.5. The zero-order valence-corrected chi connectivity index (χ0v) is 11.1. The summed E-state index contributed by atoms with van der Waals surface area (Å²) in [5, 5.41) is 0. The number of nitrogens with two attached hydrogens (primary N) is 1. The number of methoxy groups -OCH3 is 1. The maximum atomic E-state index is 5.93. The number of hydrogen-bond donors (Lipinski definition) is 1. The number of rotatable bonds is 6. The molecule has 2 rings (SSSR count). The maximum absolute atomic E-state index is 5.93. The Morgan fingerprint density at radius 3 is 2.58 bits per heavy atom. The van der Waals surface area contributed by atoms with Crippen LogP contribution >= 0.6 is 0 Å². The van der Waals surface area contributed by atoms with Gasteiger partial charge in [-0.25, -0.2) is 0 Å². The standard InChI is InChI=1S/C16H19NO2/c1-18-14-8-4-9-15(12-14)19-16-10-3-2-6-13(16)7-5-11-17/h2-4,6,8-10,12H,5,7,11,17H2,1H3. The van der Waals surface area contributed by atoms with E-state index in [9.17, 15) is 0 Å². The summed E-state index contributed by atoms with van der Waals surface area (Å²) < 4.78 is 11.1. The molecule has 0 amide bonds. The Morgan fingerprint density at radius 1 is 1.00 bits per heavy atom. The van der Waals surface area contributed by atoms with Crippen molar-refractivity contribution in [3.05, 3.63) is 54.1 Å². The van der Waals surface area contributed by atoms with E-state index < -0.39 is 0 Å². The summed E-state index contributed by atoms with van der Waals surface area (Å²) in [5.41, 5.74) is 6.74. The lowest BCUT2D eigenvalue weighted by atomic mass is 10.1. The molecule has 0 heterocycles. The Morgan fingerprint density at radius 2 is 1.79 bits per heavy atom. The van der Waals surface area contributed by atoms with Crippen LogP contribution in [-0.4, -0.2) is 13.7 Å². The molecule has 100 valence electrons. The summed E-state index contributed by atoms with van der Waals surface area (Å²) in [6.07, 6.45) is 1.88. The Kier molecular flexibility index (Phi) is 4.81. The molecule has 0 unspecified atom stereocenters. The van der Waals surface area contributed by atoms with Crippen molar-refractivity contribution in [1.82, 2.24) is 0 Å². The number of para-hydroxylation sites is 1. The van der Waals surface area contributed by atoms with Gasteiger partial charge in [0.25, 0.3) is 0 Å². The van der Waals surface area contributed by atoms with Crippen LogP contribution in [0.5, 0.6) is 17.2 Å². The van der Waals surface area contributed by atoms with Gasteiger partial charge in [-0.3, -0.25) is 0 Å². The quantitative estimate of drug-likeness (QED) is 0.862. The molecule has 19 heavy (non-hydrogen) atoms. The first-order valence-corrected chi connectivity index (χ1v) is 6.43. The van der Waals surface area contributed by atoms with Crippen molar-refractivity contribution >= 4 is 0 Å². The minimum Gasteiger partial charge on any atom is -0.497 e. The van der Waals surface area contributed by atoms with Gasteiger partial charge in [0.15, 0.2) is 0 Å². The minimum atomic E-state index is 0.688. The molecule has 0 bridgehead atoms. The average Bonchev–Trinajstić information content (AvgIpc) is 2.46. The maximum Gasteiger partial charge on any atom is 0.131 e. The fourth-order valence-corrected chi connectivity index (χ4v) is 1.89. The lowest BCUT2D eigenvalue weighted by Gasteiger charge is -2.11. The van der Waals surface area contributed by atoms with Crippen molar-refractivity contribution < 1.29 is 9.47 Å². The fraction of sp³-hybridized carbons (Fsp3) is 0.250.